The average molecular weight is 320 g/mol. The lowest BCUT2D eigenvalue weighted by atomic mass is 9.90. The van der Waals surface area contributed by atoms with Crippen LogP contribution >= 0.6 is 0 Å². The third kappa shape index (κ3) is 2.41. The Hall–Kier alpha value is -2.55. The summed E-state index contributed by atoms with van der Waals surface area (Å²) in [5, 5.41) is 0.973. The number of rotatable bonds is 1. The van der Waals surface area contributed by atoms with E-state index in [0.29, 0.717) is 5.58 Å². The minimum Gasteiger partial charge on any atom is -0.487 e. The SMILES string of the molecule is Cc1c2c(cc3c(-c4ccccc4)cc(=O)oc13)CCC(C)(C)O2. The predicted octanol–water partition coefficient (Wildman–Crippen LogP) is 4.87. The number of aryl methyl sites for hydroxylation is 2. The molecule has 0 fully saturated rings. The summed E-state index contributed by atoms with van der Waals surface area (Å²) in [6.07, 6.45) is 1.94. The molecule has 0 atom stereocenters. The molecule has 122 valence electrons. The molecule has 0 unspecified atom stereocenters. The molecular weight excluding hydrogens is 300 g/mol. The number of benzene rings is 2. The van der Waals surface area contributed by atoms with E-state index in [1.54, 1.807) is 6.07 Å². The van der Waals surface area contributed by atoms with Gasteiger partial charge in [0.25, 0.3) is 0 Å². The smallest absolute Gasteiger partial charge is 0.336 e. The Morgan fingerprint density at radius 1 is 1.08 bits per heavy atom. The van der Waals surface area contributed by atoms with Crippen molar-refractivity contribution in [3.8, 4) is 16.9 Å². The van der Waals surface area contributed by atoms with Crippen molar-refractivity contribution in [1.29, 1.82) is 0 Å². The van der Waals surface area contributed by atoms with Crippen LogP contribution in [0.2, 0.25) is 0 Å². The number of fused-ring (bicyclic) bond motifs is 2. The van der Waals surface area contributed by atoms with Crippen molar-refractivity contribution >= 4 is 11.0 Å². The molecule has 0 amide bonds. The van der Waals surface area contributed by atoms with E-state index >= 15 is 0 Å². The molecule has 1 aliphatic rings. The highest BCUT2D eigenvalue weighted by atomic mass is 16.5. The van der Waals surface area contributed by atoms with Crippen LogP contribution in [-0.4, -0.2) is 5.60 Å². The van der Waals surface area contributed by atoms with Gasteiger partial charge in [0.2, 0.25) is 0 Å². The van der Waals surface area contributed by atoms with Gasteiger partial charge in [-0.3, -0.25) is 0 Å². The second-order valence-corrected chi connectivity index (χ2v) is 7.07. The molecule has 1 aromatic heterocycles. The van der Waals surface area contributed by atoms with E-state index in [0.717, 1.165) is 40.7 Å². The normalized spacial score (nSPS) is 15.8. The Labute approximate surface area is 140 Å². The summed E-state index contributed by atoms with van der Waals surface area (Å²) in [6, 6.07) is 13.7. The first kappa shape index (κ1) is 15.0. The van der Waals surface area contributed by atoms with Crippen LogP contribution in [-0.2, 0) is 6.42 Å². The minimum absolute atomic E-state index is 0.192. The van der Waals surface area contributed by atoms with E-state index in [1.165, 1.54) is 5.56 Å². The molecule has 3 heteroatoms. The van der Waals surface area contributed by atoms with Gasteiger partial charge in [-0.05, 0) is 56.4 Å². The van der Waals surface area contributed by atoms with E-state index in [2.05, 4.69) is 19.9 Å². The van der Waals surface area contributed by atoms with Crippen molar-refractivity contribution < 1.29 is 9.15 Å². The third-order valence-corrected chi connectivity index (χ3v) is 4.75. The fourth-order valence-electron chi connectivity index (χ4n) is 3.46. The summed E-state index contributed by atoms with van der Waals surface area (Å²) in [4.78, 5) is 12.1. The zero-order valence-electron chi connectivity index (χ0n) is 14.2. The maximum absolute atomic E-state index is 12.1. The molecular formula is C21H20O3. The first-order valence-electron chi connectivity index (χ1n) is 8.29. The zero-order valence-corrected chi connectivity index (χ0v) is 14.2. The van der Waals surface area contributed by atoms with Crippen LogP contribution < -0.4 is 10.4 Å². The number of hydrogen-bond acceptors (Lipinski definition) is 3. The molecule has 4 rings (SSSR count). The van der Waals surface area contributed by atoms with E-state index in [1.807, 2.05) is 37.3 Å². The van der Waals surface area contributed by atoms with Gasteiger partial charge in [-0.2, -0.15) is 0 Å². The van der Waals surface area contributed by atoms with E-state index in [9.17, 15) is 4.79 Å². The second kappa shape index (κ2) is 5.23. The fourth-order valence-corrected chi connectivity index (χ4v) is 3.46. The lowest BCUT2D eigenvalue weighted by molar-refractivity contribution is 0.0838. The highest BCUT2D eigenvalue weighted by Crippen LogP contribution is 2.41. The maximum Gasteiger partial charge on any atom is 0.336 e. The van der Waals surface area contributed by atoms with Gasteiger partial charge < -0.3 is 9.15 Å². The van der Waals surface area contributed by atoms with E-state index in [-0.39, 0.29) is 11.2 Å². The van der Waals surface area contributed by atoms with Gasteiger partial charge in [-0.15, -0.1) is 0 Å². The van der Waals surface area contributed by atoms with Gasteiger partial charge in [0.1, 0.15) is 16.9 Å². The summed E-state index contributed by atoms with van der Waals surface area (Å²) in [7, 11) is 0. The highest BCUT2D eigenvalue weighted by Gasteiger charge is 2.29. The summed E-state index contributed by atoms with van der Waals surface area (Å²) < 4.78 is 11.7. The predicted molar refractivity (Wildman–Crippen MR) is 95.7 cm³/mol. The van der Waals surface area contributed by atoms with Crippen LogP contribution in [0.5, 0.6) is 5.75 Å². The molecule has 2 aromatic carbocycles. The van der Waals surface area contributed by atoms with Gasteiger partial charge in [0, 0.05) is 17.0 Å². The minimum atomic E-state index is -0.334. The topological polar surface area (TPSA) is 39.4 Å². The van der Waals surface area contributed by atoms with Crippen LogP contribution in [0.15, 0.2) is 51.7 Å². The largest absolute Gasteiger partial charge is 0.487 e. The third-order valence-electron chi connectivity index (χ3n) is 4.75. The second-order valence-electron chi connectivity index (χ2n) is 7.07. The van der Waals surface area contributed by atoms with Crippen LogP contribution in [0.4, 0.5) is 0 Å². The Morgan fingerprint density at radius 2 is 1.83 bits per heavy atom. The summed E-state index contributed by atoms with van der Waals surface area (Å²) in [5.41, 5.74) is 4.13. The molecule has 0 N–H and O–H groups in total. The Morgan fingerprint density at radius 3 is 2.58 bits per heavy atom. The summed E-state index contributed by atoms with van der Waals surface area (Å²) >= 11 is 0. The van der Waals surface area contributed by atoms with E-state index in [4.69, 9.17) is 9.15 Å². The quantitative estimate of drug-likeness (QED) is 0.600. The first-order chi connectivity index (χ1) is 11.4. The van der Waals surface area contributed by atoms with E-state index < -0.39 is 0 Å². The maximum atomic E-state index is 12.1. The van der Waals surface area contributed by atoms with Crippen LogP contribution in [0.3, 0.4) is 0 Å². The molecule has 0 bridgehead atoms. The molecule has 2 heterocycles. The Balaban J connectivity index is 2.04. The van der Waals surface area contributed by atoms with Gasteiger partial charge in [-0.25, -0.2) is 4.79 Å². The lowest BCUT2D eigenvalue weighted by Crippen LogP contribution is -2.33. The van der Waals surface area contributed by atoms with Crippen LogP contribution in [0.1, 0.15) is 31.4 Å². The first-order valence-corrected chi connectivity index (χ1v) is 8.29. The lowest BCUT2D eigenvalue weighted by Gasteiger charge is -2.33. The molecule has 1 aliphatic heterocycles. The standard InChI is InChI=1S/C21H20O3/c1-13-19-15(9-10-21(2,3)24-19)11-17-16(12-18(22)23-20(13)17)14-7-5-4-6-8-14/h4-8,11-12H,9-10H2,1-3H3. The van der Waals surface area contributed by atoms with Gasteiger partial charge >= 0.3 is 5.63 Å². The zero-order chi connectivity index (χ0) is 16.9. The molecule has 0 saturated heterocycles. The van der Waals surface area contributed by atoms with Crippen molar-refractivity contribution in [2.24, 2.45) is 0 Å². The Bertz CT molecular complexity index is 981. The number of hydrogen-bond donors (Lipinski definition) is 0. The Kier molecular flexibility index (Phi) is 3.27. The summed E-state index contributed by atoms with van der Waals surface area (Å²) in [6.45, 7) is 6.16. The molecule has 0 spiro atoms. The molecule has 24 heavy (non-hydrogen) atoms. The monoisotopic (exact) mass is 320 g/mol. The van der Waals surface area contributed by atoms with Crippen LogP contribution in [0.25, 0.3) is 22.1 Å². The van der Waals surface area contributed by atoms with Gasteiger partial charge in [0.05, 0.1) is 0 Å². The molecule has 0 saturated carbocycles. The molecule has 3 nitrogen and oxygen atoms in total. The van der Waals surface area contributed by atoms with Crippen molar-refractivity contribution in [2.75, 3.05) is 0 Å². The van der Waals surface area contributed by atoms with Crippen molar-refractivity contribution in [1.82, 2.24) is 0 Å². The fraction of sp³-hybridized carbons (Fsp3) is 0.286. The van der Waals surface area contributed by atoms with Crippen molar-refractivity contribution in [3.05, 3.63) is 64.0 Å². The van der Waals surface area contributed by atoms with Crippen molar-refractivity contribution in [2.45, 2.75) is 39.2 Å². The highest BCUT2D eigenvalue weighted by molar-refractivity contribution is 5.96. The van der Waals surface area contributed by atoms with Crippen molar-refractivity contribution in [3.63, 3.8) is 0 Å². The van der Waals surface area contributed by atoms with Gasteiger partial charge in [-0.1, -0.05) is 30.3 Å². The number of ether oxygens (including phenoxy) is 1. The molecule has 0 aliphatic carbocycles. The van der Waals surface area contributed by atoms with Crippen LogP contribution in [0, 0.1) is 6.92 Å². The molecule has 3 aromatic rings. The summed E-state index contributed by atoms with van der Waals surface area (Å²) in [5.74, 6) is 0.868. The molecule has 0 radical (unpaired) electrons. The average Bonchev–Trinajstić information content (AvgIpc) is 2.56. The van der Waals surface area contributed by atoms with Gasteiger partial charge in [0.15, 0.2) is 0 Å².